The topological polar surface area (TPSA) is 50.9 Å². The number of hydrogen-bond donors (Lipinski definition) is 1. The van der Waals surface area contributed by atoms with Crippen molar-refractivity contribution >= 4 is 11.0 Å². The van der Waals surface area contributed by atoms with Crippen molar-refractivity contribution in [3.05, 3.63) is 46.0 Å². The van der Waals surface area contributed by atoms with E-state index >= 15 is 0 Å². The van der Waals surface area contributed by atoms with Crippen LogP contribution >= 0.6 is 0 Å². The first kappa shape index (κ1) is 16.5. The van der Waals surface area contributed by atoms with Crippen LogP contribution in [0, 0.1) is 27.7 Å². The van der Waals surface area contributed by atoms with Crippen molar-refractivity contribution in [3.63, 3.8) is 0 Å². The van der Waals surface area contributed by atoms with Crippen molar-refractivity contribution < 1.29 is 5.11 Å². The molecular formula is C20H25N3O. The van der Waals surface area contributed by atoms with E-state index in [0.29, 0.717) is 5.69 Å². The molecule has 0 amide bonds. The summed E-state index contributed by atoms with van der Waals surface area (Å²) in [6, 6.07) is 5.75. The first-order chi connectivity index (χ1) is 11.1. The molecule has 3 aromatic rings. The maximum absolute atomic E-state index is 10.7. The number of hydrogen-bond acceptors (Lipinski definition) is 3. The minimum Gasteiger partial charge on any atom is -0.505 e. The Balaban J connectivity index is 2.29. The summed E-state index contributed by atoms with van der Waals surface area (Å²) in [4.78, 5) is 1.56. The molecule has 0 radical (unpaired) electrons. The molecule has 0 saturated carbocycles. The summed E-state index contributed by atoms with van der Waals surface area (Å²) >= 11 is 0. The summed E-state index contributed by atoms with van der Waals surface area (Å²) in [5, 5.41) is 20.1. The van der Waals surface area contributed by atoms with E-state index < -0.39 is 0 Å². The van der Waals surface area contributed by atoms with Crippen LogP contribution in [0.2, 0.25) is 0 Å². The van der Waals surface area contributed by atoms with Gasteiger partial charge in [0.15, 0.2) is 0 Å². The number of rotatable bonds is 1. The number of benzene rings is 2. The third-order valence-electron chi connectivity index (χ3n) is 5.05. The van der Waals surface area contributed by atoms with E-state index in [-0.39, 0.29) is 11.2 Å². The maximum atomic E-state index is 10.7. The number of fused-ring (bicyclic) bond motifs is 1. The highest BCUT2D eigenvalue weighted by Crippen LogP contribution is 2.35. The quantitative estimate of drug-likeness (QED) is 0.709. The lowest BCUT2D eigenvalue weighted by Crippen LogP contribution is -2.12. The fourth-order valence-corrected chi connectivity index (χ4v) is 3.14. The molecule has 1 heterocycles. The SMILES string of the molecule is Cc1c(C)c(C)c2nn(-c3cccc(C(C)(C)C)c3O)nc2c1C. The number of phenolic OH excluding ortho intramolecular Hbond substituents is 1. The molecule has 1 aromatic heterocycles. The molecule has 3 rings (SSSR count). The number of phenols is 1. The molecule has 0 aliphatic rings. The zero-order valence-corrected chi connectivity index (χ0v) is 15.5. The van der Waals surface area contributed by atoms with Crippen molar-refractivity contribution in [2.75, 3.05) is 0 Å². The molecule has 0 fully saturated rings. The lowest BCUT2D eigenvalue weighted by molar-refractivity contribution is 0.440. The lowest BCUT2D eigenvalue weighted by Gasteiger charge is -2.21. The van der Waals surface area contributed by atoms with E-state index in [1.54, 1.807) is 4.80 Å². The Kier molecular flexibility index (Phi) is 3.67. The highest BCUT2D eigenvalue weighted by atomic mass is 16.3. The average Bonchev–Trinajstić information content (AvgIpc) is 2.95. The Morgan fingerprint density at radius 3 is 1.79 bits per heavy atom. The van der Waals surface area contributed by atoms with Gasteiger partial charge in [-0.15, -0.1) is 15.0 Å². The van der Waals surface area contributed by atoms with E-state index in [2.05, 4.69) is 58.7 Å². The van der Waals surface area contributed by atoms with Gasteiger partial charge in [0.1, 0.15) is 22.5 Å². The van der Waals surface area contributed by atoms with Crippen LogP contribution < -0.4 is 0 Å². The van der Waals surface area contributed by atoms with Gasteiger partial charge in [0.05, 0.1) is 0 Å². The second-order valence-corrected chi connectivity index (χ2v) is 7.61. The van der Waals surface area contributed by atoms with Crippen molar-refractivity contribution in [1.82, 2.24) is 15.0 Å². The first-order valence-corrected chi connectivity index (χ1v) is 8.29. The molecule has 0 aliphatic heterocycles. The van der Waals surface area contributed by atoms with Gasteiger partial charge in [-0.3, -0.25) is 0 Å². The highest BCUT2D eigenvalue weighted by molar-refractivity contribution is 5.84. The summed E-state index contributed by atoms with van der Waals surface area (Å²) in [5.41, 5.74) is 7.95. The second-order valence-electron chi connectivity index (χ2n) is 7.61. The van der Waals surface area contributed by atoms with E-state index in [9.17, 15) is 5.11 Å². The lowest BCUT2D eigenvalue weighted by atomic mass is 9.86. The monoisotopic (exact) mass is 323 g/mol. The molecule has 4 nitrogen and oxygen atoms in total. The molecule has 0 saturated heterocycles. The highest BCUT2D eigenvalue weighted by Gasteiger charge is 2.22. The number of aryl methyl sites for hydroxylation is 2. The molecule has 24 heavy (non-hydrogen) atoms. The largest absolute Gasteiger partial charge is 0.505 e. The Hall–Kier alpha value is -2.36. The van der Waals surface area contributed by atoms with Gasteiger partial charge in [-0.2, -0.15) is 0 Å². The number of aromatic nitrogens is 3. The fraction of sp³-hybridized carbons (Fsp3) is 0.400. The minimum absolute atomic E-state index is 0.147. The van der Waals surface area contributed by atoms with E-state index in [0.717, 1.165) is 27.7 Å². The molecule has 1 N–H and O–H groups in total. The summed E-state index contributed by atoms with van der Waals surface area (Å²) in [6.45, 7) is 14.6. The van der Waals surface area contributed by atoms with Crippen LogP contribution in [0.1, 0.15) is 48.6 Å². The molecule has 0 aliphatic carbocycles. The second kappa shape index (κ2) is 5.33. The van der Waals surface area contributed by atoms with Gasteiger partial charge in [0, 0.05) is 5.56 Å². The summed E-state index contributed by atoms with van der Waals surface area (Å²) in [7, 11) is 0. The van der Waals surface area contributed by atoms with Crippen LogP contribution in [0.5, 0.6) is 5.75 Å². The van der Waals surface area contributed by atoms with Crippen molar-refractivity contribution in [2.24, 2.45) is 0 Å². The number of nitrogens with zero attached hydrogens (tertiary/aromatic N) is 3. The minimum atomic E-state index is -0.147. The normalized spacial score (nSPS) is 12.1. The van der Waals surface area contributed by atoms with E-state index in [1.807, 2.05) is 18.2 Å². The first-order valence-electron chi connectivity index (χ1n) is 8.29. The molecule has 4 heteroatoms. The van der Waals surface area contributed by atoms with Crippen LogP contribution in [0.4, 0.5) is 0 Å². The van der Waals surface area contributed by atoms with Crippen LogP contribution in [-0.2, 0) is 5.41 Å². The summed E-state index contributed by atoms with van der Waals surface area (Å²) in [5.74, 6) is 0.244. The van der Waals surface area contributed by atoms with Gasteiger partial charge in [-0.1, -0.05) is 32.9 Å². The van der Waals surface area contributed by atoms with Crippen LogP contribution in [0.15, 0.2) is 18.2 Å². The molecule has 0 bridgehead atoms. The molecule has 0 unspecified atom stereocenters. The molecular weight excluding hydrogens is 298 g/mol. The molecule has 0 atom stereocenters. The molecule has 126 valence electrons. The van der Waals surface area contributed by atoms with Crippen molar-refractivity contribution in [3.8, 4) is 11.4 Å². The predicted octanol–water partition coefficient (Wildman–Crippen LogP) is 4.66. The molecule has 2 aromatic carbocycles. The van der Waals surface area contributed by atoms with Gasteiger partial charge in [0.25, 0.3) is 0 Å². The van der Waals surface area contributed by atoms with Crippen LogP contribution in [0.25, 0.3) is 16.7 Å². The average molecular weight is 323 g/mol. The van der Waals surface area contributed by atoms with Gasteiger partial charge >= 0.3 is 0 Å². The third-order valence-corrected chi connectivity index (χ3v) is 5.05. The summed E-state index contributed by atoms with van der Waals surface area (Å²) in [6.07, 6.45) is 0. The van der Waals surface area contributed by atoms with E-state index in [1.165, 1.54) is 11.1 Å². The standard InChI is InChI=1S/C20H25N3O/c1-11-12(2)14(4)18-17(13(11)3)21-23(22-18)16-10-8-9-15(19(16)24)20(5,6)7/h8-10,24H,1-7H3. The zero-order chi connectivity index (χ0) is 17.8. The number of aromatic hydroxyl groups is 1. The van der Waals surface area contributed by atoms with Crippen LogP contribution in [-0.4, -0.2) is 20.1 Å². The maximum Gasteiger partial charge on any atom is 0.146 e. The Morgan fingerprint density at radius 1 is 0.833 bits per heavy atom. The zero-order valence-electron chi connectivity index (χ0n) is 15.5. The van der Waals surface area contributed by atoms with Crippen LogP contribution in [0.3, 0.4) is 0 Å². The summed E-state index contributed by atoms with van der Waals surface area (Å²) < 4.78 is 0. The van der Waals surface area contributed by atoms with Gasteiger partial charge in [-0.25, -0.2) is 0 Å². The van der Waals surface area contributed by atoms with Gasteiger partial charge in [0.2, 0.25) is 0 Å². The Bertz CT molecular complexity index is 901. The Labute approximate surface area is 143 Å². The van der Waals surface area contributed by atoms with Gasteiger partial charge < -0.3 is 5.11 Å². The predicted molar refractivity (Wildman–Crippen MR) is 98.2 cm³/mol. The smallest absolute Gasteiger partial charge is 0.146 e. The van der Waals surface area contributed by atoms with Gasteiger partial charge in [-0.05, 0) is 61.4 Å². The van der Waals surface area contributed by atoms with Crippen molar-refractivity contribution in [1.29, 1.82) is 0 Å². The Morgan fingerprint density at radius 2 is 1.33 bits per heavy atom. The fourth-order valence-electron chi connectivity index (χ4n) is 3.14. The molecule has 0 spiro atoms. The third kappa shape index (κ3) is 2.37. The van der Waals surface area contributed by atoms with Crippen molar-refractivity contribution in [2.45, 2.75) is 53.9 Å². The van der Waals surface area contributed by atoms with E-state index in [4.69, 9.17) is 0 Å². The number of para-hydroxylation sites is 1.